The summed E-state index contributed by atoms with van der Waals surface area (Å²) < 4.78 is 31.9. The van der Waals surface area contributed by atoms with Crippen molar-refractivity contribution in [2.45, 2.75) is 32.9 Å². The predicted octanol–water partition coefficient (Wildman–Crippen LogP) is 2.24. The lowest BCUT2D eigenvalue weighted by Gasteiger charge is -2.37. The van der Waals surface area contributed by atoms with Crippen LogP contribution >= 0.6 is 0 Å². The summed E-state index contributed by atoms with van der Waals surface area (Å²) in [7, 11) is 0. The quantitative estimate of drug-likeness (QED) is 0.911. The first-order valence-corrected chi connectivity index (χ1v) is 7.31. The summed E-state index contributed by atoms with van der Waals surface area (Å²) in [6.07, 6.45) is -0.472. The highest BCUT2D eigenvalue weighted by Crippen LogP contribution is 2.26. The Kier molecular flexibility index (Phi) is 4.82. The van der Waals surface area contributed by atoms with E-state index in [0.29, 0.717) is 18.7 Å². The number of halogens is 2. The molecule has 122 valence electrons. The Morgan fingerprint density at radius 1 is 1.36 bits per heavy atom. The zero-order chi connectivity index (χ0) is 16.5. The van der Waals surface area contributed by atoms with Crippen LogP contribution < -0.4 is 5.73 Å². The molecule has 1 fully saturated rings. The van der Waals surface area contributed by atoms with E-state index in [1.165, 1.54) is 6.07 Å². The van der Waals surface area contributed by atoms with Gasteiger partial charge in [-0.15, -0.1) is 0 Å². The number of nitrogens with two attached hydrogens (primary N) is 1. The van der Waals surface area contributed by atoms with Crippen LogP contribution in [0.4, 0.5) is 8.78 Å². The Balaban J connectivity index is 2.11. The van der Waals surface area contributed by atoms with E-state index in [9.17, 15) is 13.6 Å². The second-order valence-electron chi connectivity index (χ2n) is 6.66. The summed E-state index contributed by atoms with van der Waals surface area (Å²) in [5.41, 5.74) is 6.19. The van der Waals surface area contributed by atoms with Gasteiger partial charge < -0.3 is 15.4 Å². The van der Waals surface area contributed by atoms with Crippen LogP contribution in [-0.4, -0.2) is 36.5 Å². The van der Waals surface area contributed by atoms with Crippen molar-refractivity contribution < 1.29 is 18.3 Å². The van der Waals surface area contributed by atoms with Crippen molar-refractivity contribution in [2.75, 3.05) is 19.7 Å². The summed E-state index contributed by atoms with van der Waals surface area (Å²) in [4.78, 5) is 14.1. The first-order chi connectivity index (χ1) is 10.2. The van der Waals surface area contributed by atoms with Crippen LogP contribution in [0, 0.1) is 17.0 Å². The molecular formula is C16H22F2N2O2. The van der Waals surface area contributed by atoms with Crippen LogP contribution in [0.2, 0.25) is 0 Å². The Morgan fingerprint density at radius 3 is 2.64 bits per heavy atom. The van der Waals surface area contributed by atoms with Gasteiger partial charge in [-0.05, 0) is 23.1 Å². The van der Waals surface area contributed by atoms with Crippen LogP contribution in [0.1, 0.15) is 32.4 Å². The molecule has 1 aliphatic heterocycles. The summed E-state index contributed by atoms with van der Waals surface area (Å²) in [5.74, 6) is -1.97. The van der Waals surface area contributed by atoms with Crippen molar-refractivity contribution in [2.24, 2.45) is 11.1 Å². The van der Waals surface area contributed by atoms with Crippen LogP contribution in [0.3, 0.4) is 0 Å². The van der Waals surface area contributed by atoms with Gasteiger partial charge in [0.2, 0.25) is 5.91 Å². The lowest BCUT2D eigenvalue weighted by Crippen LogP contribution is -2.53. The molecule has 0 spiro atoms. The van der Waals surface area contributed by atoms with Gasteiger partial charge in [-0.2, -0.15) is 0 Å². The molecule has 1 amide bonds. The lowest BCUT2D eigenvalue weighted by atomic mass is 9.86. The summed E-state index contributed by atoms with van der Waals surface area (Å²) in [5, 5.41) is 0. The van der Waals surface area contributed by atoms with Gasteiger partial charge >= 0.3 is 0 Å². The van der Waals surface area contributed by atoms with Gasteiger partial charge in [0.25, 0.3) is 0 Å². The minimum absolute atomic E-state index is 0.150. The molecule has 0 radical (unpaired) electrons. The maximum Gasteiger partial charge on any atom is 0.240 e. The Labute approximate surface area is 129 Å². The van der Waals surface area contributed by atoms with Gasteiger partial charge in [0.05, 0.1) is 19.2 Å². The Morgan fingerprint density at radius 2 is 2.05 bits per heavy atom. The average Bonchev–Trinajstić information content (AvgIpc) is 2.47. The Bertz CT molecular complexity index is 558. The predicted molar refractivity (Wildman–Crippen MR) is 79.1 cm³/mol. The molecule has 1 aromatic rings. The standard InChI is InChI=1S/C16H22F2N2O2/c1-16(2,3)14(19)15(21)20-6-7-22-13(9-20)10-4-5-11(17)12(18)8-10/h4-5,8,13-14H,6-7,9,19H2,1-3H3/t13?,14-/m1/s1. The summed E-state index contributed by atoms with van der Waals surface area (Å²) >= 11 is 0. The fourth-order valence-electron chi connectivity index (χ4n) is 2.33. The minimum Gasteiger partial charge on any atom is -0.370 e. The number of benzene rings is 1. The number of nitrogens with zero attached hydrogens (tertiary/aromatic N) is 1. The van der Waals surface area contributed by atoms with E-state index in [1.54, 1.807) is 4.90 Å². The molecule has 0 bridgehead atoms. The number of carbonyl (C=O) groups is 1. The molecule has 22 heavy (non-hydrogen) atoms. The van der Waals surface area contributed by atoms with Crippen LogP contribution in [0.5, 0.6) is 0 Å². The molecule has 4 nitrogen and oxygen atoms in total. The summed E-state index contributed by atoms with van der Waals surface area (Å²) in [6, 6.07) is 3.03. The van der Waals surface area contributed by atoms with Gasteiger partial charge in [0, 0.05) is 6.54 Å². The second-order valence-corrected chi connectivity index (χ2v) is 6.66. The fourth-order valence-corrected chi connectivity index (χ4v) is 2.33. The number of carbonyl (C=O) groups excluding carboxylic acids is 1. The van der Waals surface area contributed by atoms with Crippen molar-refractivity contribution in [1.29, 1.82) is 0 Å². The molecule has 1 heterocycles. The zero-order valence-corrected chi connectivity index (χ0v) is 13.1. The van der Waals surface area contributed by atoms with Crippen molar-refractivity contribution in [3.63, 3.8) is 0 Å². The highest BCUT2D eigenvalue weighted by molar-refractivity contribution is 5.82. The van der Waals surface area contributed by atoms with Crippen molar-refractivity contribution >= 4 is 5.91 Å². The van der Waals surface area contributed by atoms with E-state index in [4.69, 9.17) is 10.5 Å². The molecule has 1 aliphatic rings. The van der Waals surface area contributed by atoms with Gasteiger partial charge in [0.1, 0.15) is 6.10 Å². The van der Waals surface area contributed by atoms with Gasteiger partial charge in [-0.3, -0.25) is 4.79 Å². The monoisotopic (exact) mass is 312 g/mol. The maximum atomic E-state index is 13.3. The maximum absolute atomic E-state index is 13.3. The molecule has 1 unspecified atom stereocenters. The SMILES string of the molecule is CC(C)(C)[C@H](N)C(=O)N1CCOC(c2ccc(F)c(F)c2)C1. The lowest BCUT2D eigenvalue weighted by molar-refractivity contribution is -0.142. The highest BCUT2D eigenvalue weighted by atomic mass is 19.2. The van der Waals surface area contributed by atoms with Gasteiger partial charge in [-0.1, -0.05) is 26.8 Å². The first kappa shape index (κ1) is 16.8. The zero-order valence-electron chi connectivity index (χ0n) is 13.1. The van der Waals surface area contributed by atoms with E-state index in [1.807, 2.05) is 20.8 Å². The summed E-state index contributed by atoms with van der Waals surface area (Å²) in [6.45, 7) is 6.79. The normalized spacial score (nSPS) is 20.8. The molecule has 0 saturated carbocycles. The van der Waals surface area contributed by atoms with E-state index in [0.717, 1.165) is 12.1 Å². The van der Waals surface area contributed by atoms with Crippen LogP contribution in [0.15, 0.2) is 18.2 Å². The molecule has 6 heteroatoms. The second kappa shape index (κ2) is 6.30. The first-order valence-electron chi connectivity index (χ1n) is 7.31. The van der Waals surface area contributed by atoms with E-state index in [2.05, 4.69) is 0 Å². The van der Waals surface area contributed by atoms with E-state index < -0.39 is 23.8 Å². The number of amides is 1. The molecule has 0 aliphatic carbocycles. The largest absolute Gasteiger partial charge is 0.370 e. The van der Waals surface area contributed by atoms with Gasteiger partial charge in [0.15, 0.2) is 11.6 Å². The third kappa shape index (κ3) is 3.62. The fraction of sp³-hybridized carbons (Fsp3) is 0.562. The molecule has 2 N–H and O–H groups in total. The number of ether oxygens (including phenoxy) is 1. The third-order valence-electron chi connectivity index (χ3n) is 3.89. The van der Waals surface area contributed by atoms with Crippen LogP contribution in [-0.2, 0) is 9.53 Å². The molecular weight excluding hydrogens is 290 g/mol. The highest BCUT2D eigenvalue weighted by Gasteiger charge is 2.34. The van der Waals surface area contributed by atoms with Crippen molar-refractivity contribution in [3.8, 4) is 0 Å². The number of hydrogen-bond donors (Lipinski definition) is 1. The molecule has 2 atom stereocenters. The Hall–Kier alpha value is -1.53. The van der Waals surface area contributed by atoms with E-state index >= 15 is 0 Å². The smallest absolute Gasteiger partial charge is 0.240 e. The molecule has 1 aromatic carbocycles. The van der Waals surface area contributed by atoms with Crippen molar-refractivity contribution in [1.82, 2.24) is 4.90 Å². The number of morpholine rings is 1. The third-order valence-corrected chi connectivity index (χ3v) is 3.89. The minimum atomic E-state index is -0.920. The van der Waals surface area contributed by atoms with E-state index in [-0.39, 0.29) is 17.9 Å². The topological polar surface area (TPSA) is 55.6 Å². The van der Waals surface area contributed by atoms with Gasteiger partial charge in [-0.25, -0.2) is 8.78 Å². The number of rotatable bonds is 2. The molecule has 2 rings (SSSR count). The van der Waals surface area contributed by atoms with Crippen LogP contribution in [0.25, 0.3) is 0 Å². The van der Waals surface area contributed by atoms with Crippen molar-refractivity contribution in [3.05, 3.63) is 35.4 Å². The molecule has 0 aromatic heterocycles. The number of hydrogen-bond acceptors (Lipinski definition) is 3. The molecule has 1 saturated heterocycles. The average molecular weight is 312 g/mol.